The van der Waals surface area contributed by atoms with Crippen LogP contribution in [0.1, 0.15) is 65.2 Å². The minimum absolute atomic E-state index is 0.396. The molecule has 5 aromatic rings. The van der Waals surface area contributed by atoms with Crippen molar-refractivity contribution in [3.8, 4) is 17.1 Å². The molecule has 0 saturated carbocycles. The number of nitrogens with zero attached hydrogens (tertiary/aromatic N) is 1. The monoisotopic (exact) mass is 568 g/mol. The first-order valence-electron chi connectivity index (χ1n) is 15.0. The standard InChI is InChI=1S/C24H24N2O3.C7H8.C4H10.C2H6/c1-2-14-28-19-10-8-18(9-11-19)23-15-20-21(12-13-25-24(20)29-23)26-16-22(27)17-6-4-3-5-7-17;1-7-5-3-2-4-6-7;1-4(2)3;1-2/h3-13,15,22,27H,2,14,16H2,1H3,(H,25,26);2-6H,1H3;4H,1-3H3;1-2H3. The van der Waals surface area contributed by atoms with Crippen molar-refractivity contribution in [2.45, 2.75) is 61.0 Å². The zero-order valence-electron chi connectivity index (χ0n) is 26.3. The van der Waals surface area contributed by atoms with Crippen LogP contribution in [0.3, 0.4) is 0 Å². The summed E-state index contributed by atoms with van der Waals surface area (Å²) in [5, 5.41) is 14.6. The summed E-state index contributed by atoms with van der Waals surface area (Å²) in [6.07, 6.45) is 2.08. The van der Waals surface area contributed by atoms with Crippen molar-refractivity contribution in [3.63, 3.8) is 0 Å². The Morgan fingerprint density at radius 2 is 1.45 bits per heavy atom. The molecule has 0 radical (unpaired) electrons. The van der Waals surface area contributed by atoms with E-state index in [1.54, 1.807) is 6.20 Å². The highest BCUT2D eigenvalue weighted by atomic mass is 16.5. The van der Waals surface area contributed by atoms with Gasteiger partial charge in [-0.1, -0.05) is 108 Å². The van der Waals surface area contributed by atoms with Gasteiger partial charge >= 0.3 is 0 Å². The Bertz CT molecular complexity index is 1380. The van der Waals surface area contributed by atoms with Gasteiger partial charge in [0.25, 0.3) is 0 Å². The van der Waals surface area contributed by atoms with Crippen LogP contribution in [0.25, 0.3) is 22.4 Å². The van der Waals surface area contributed by atoms with Crippen molar-refractivity contribution < 1.29 is 14.3 Å². The minimum atomic E-state index is -0.596. The molecule has 0 saturated heterocycles. The smallest absolute Gasteiger partial charge is 0.228 e. The molecule has 2 N–H and O–H groups in total. The zero-order chi connectivity index (χ0) is 30.7. The first-order chi connectivity index (χ1) is 20.4. The molecule has 0 aliphatic carbocycles. The number of aliphatic hydroxyl groups excluding tert-OH is 1. The van der Waals surface area contributed by atoms with Gasteiger partial charge in [0.05, 0.1) is 18.1 Å². The van der Waals surface area contributed by atoms with E-state index in [0.29, 0.717) is 18.9 Å². The van der Waals surface area contributed by atoms with Gasteiger partial charge in [0.1, 0.15) is 11.5 Å². The van der Waals surface area contributed by atoms with Crippen LogP contribution < -0.4 is 10.1 Å². The molecule has 0 bridgehead atoms. The maximum Gasteiger partial charge on any atom is 0.228 e. The van der Waals surface area contributed by atoms with Crippen LogP contribution in [-0.4, -0.2) is 23.2 Å². The first kappa shape index (κ1) is 34.1. The third kappa shape index (κ3) is 11.8. The van der Waals surface area contributed by atoms with Gasteiger partial charge < -0.3 is 19.6 Å². The lowest BCUT2D eigenvalue weighted by atomic mass is 10.1. The highest BCUT2D eigenvalue weighted by Crippen LogP contribution is 2.32. The molecule has 224 valence electrons. The van der Waals surface area contributed by atoms with Crippen LogP contribution in [0.15, 0.2) is 108 Å². The van der Waals surface area contributed by atoms with Gasteiger partial charge in [-0.05, 0) is 61.2 Å². The number of aromatic nitrogens is 1. The number of anilines is 1. The third-order valence-electron chi connectivity index (χ3n) is 5.66. The van der Waals surface area contributed by atoms with Gasteiger partial charge in [0.15, 0.2) is 0 Å². The van der Waals surface area contributed by atoms with Crippen LogP contribution in [-0.2, 0) is 0 Å². The molecule has 1 atom stereocenters. The number of rotatable bonds is 8. The SMILES string of the molecule is CC.CC(C)C.CCCOc1ccc(-c2cc3c(NCC(O)c4ccccc4)ccnc3o2)cc1.Cc1ccccc1. The molecular weight excluding hydrogens is 520 g/mol. The summed E-state index contributed by atoms with van der Waals surface area (Å²) in [6, 6.07) is 31.6. The molecule has 0 spiro atoms. The lowest BCUT2D eigenvalue weighted by Gasteiger charge is -2.13. The molecule has 2 heterocycles. The molecule has 2 aromatic heterocycles. The number of benzene rings is 3. The zero-order valence-corrected chi connectivity index (χ0v) is 26.3. The molecule has 5 nitrogen and oxygen atoms in total. The van der Waals surface area contributed by atoms with Gasteiger partial charge in [0.2, 0.25) is 5.71 Å². The Balaban J connectivity index is 0.000000396. The summed E-state index contributed by atoms with van der Waals surface area (Å²) in [7, 11) is 0. The normalized spacial score (nSPS) is 10.8. The topological polar surface area (TPSA) is 67.5 Å². The number of nitrogens with one attached hydrogen (secondary N) is 1. The molecule has 42 heavy (non-hydrogen) atoms. The molecule has 5 heteroatoms. The number of aryl methyl sites for hydroxylation is 1. The minimum Gasteiger partial charge on any atom is -0.494 e. The molecule has 0 fully saturated rings. The summed E-state index contributed by atoms with van der Waals surface area (Å²) in [5.74, 6) is 2.43. The number of furan rings is 1. The van der Waals surface area contributed by atoms with Crippen LogP contribution >= 0.6 is 0 Å². The van der Waals surface area contributed by atoms with E-state index in [4.69, 9.17) is 9.15 Å². The van der Waals surface area contributed by atoms with Crippen LogP contribution in [0, 0.1) is 12.8 Å². The van der Waals surface area contributed by atoms with Gasteiger partial charge in [-0.3, -0.25) is 0 Å². The second kappa shape index (κ2) is 19.1. The maximum atomic E-state index is 10.4. The van der Waals surface area contributed by atoms with E-state index in [1.165, 1.54) is 5.56 Å². The molecular formula is C37H48N2O3. The molecule has 1 unspecified atom stereocenters. The van der Waals surface area contributed by atoms with E-state index in [0.717, 1.165) is 46.0 Å². The Labute approximate surface area is 252 Å². The number of ether oxygens (including phenoxy) is 1. The number of hydrogen-bond donors (Lipinski definition) is 2. The quantitative estimate of drug-likeness (QED) is 0.195. The lowest BCUT2D eigenvalue weighted by molar-refractivity contribution is 0.191. The van der Waals surface area contributed by atoms with Crippen molar-refractivity contribution in [2.24, 2.45) is 5.92 Å². The Hall–Kier alpha value is -4.09. The molecule has 0 amide bonds. The van der Waals surface area contributed by atoms with Crippen LogP contribution in [0.4, 0.5) is 5.69 Å². The maximum absolute atomic E-state index is 10.4. The van der Waals surface area contributed by atoms with Crippen molar-refractivity contribution >= 4 is 16.8 Å². The van der Waals surface area contributed by atoms with Gasteiger partial charge in [0, 0.05) is 24.0 Å². The average molecular weight is 569 g/mol. The molecule has 5 rings (SSSR count). The fourth-order valence-electron chi connectivity index (χ4n) is 3.71. The Morgan fingerprint density at radius 3 is 2.00 bits per heavy atom. The predicted octanol–water partition coefficient (Wildman–Crippen LogP) is 10.1. The summed E-state index contributed by atoms with van der Waals surface area (Å²) >= 11 is 0. The largest absolute Gasteiger partial charge is 0.494 e. The van der Waals surface area contributed by atoms with E-state index in [9.17, 15) is 5.11 Å². The second-order valence-electron chi connectivity index (χ2n) is 10.3. The summed E-state index contributed by atoms with van der Waals surface area (Å²) < 4.78 is 11.6. The Morgan fingerprint density at radius 1 is 0.857 bits per heavy atom. The summed E-state index contributed by atoms with van der Waals surface area (Å²) in [5.41, 5.74) is 4.60. The van der Waals surface area contributed by atoms with E-state index in [1.807, 2.05) is 98.8 Å². The first-order valence-corrected chi connectivity index (χ1v) is 15.0. The third-order valence-corrected chi connectivity index (χ3v) is 5.66. The van der Waals surface area contributed by atoms with Crippen molar-refractivity contribution in [1.29, 1.82) is 0 Å². The lowest BCUT2D eigenvalue weighted by Crippen LogP contribution is -2.12. The van der Waals surface area contributed by atoms with Crippen molar-refractivity contribution in [1.82, 2.24) is 4.98 Å². The van der Waals surface area contributed by atoms with E-state index in [2.05, 4.69) is 57.1 Å². The number of aliphatic hydroxyl groups is 1. The van der Waals surface area contributed by atoms with Gasteiger partial charge in [-0.25, -0.2) is 4.98 Å². The van der Waals surface area contributed by atoms with Gasteiger partial charge in [-0.15, -0.1) is 0 Å². The predicted molar refractivity (Wildman–Crippen MR) is 178 cm³/mol. The fraction of sp³-hybridized carbons (Fsp3) is 0.324. The summed E-state index contributed by atoms with van der Waals surface area (Å²) in [6.45, 7) is 15.8. The number of pyridine rings is 1. The second-order valence-corrected chi connectivity index (χ2v) is 10.3. The number of fused-ring (bicyclic) bond motifs is 1. The molecule has 3 aromatic carbocycles. The van der Waals surface area contributed by atoms with E-state index >= 15 is 0 Å². The fourth-order valence-corrected chi connectivity index (χ4v) is 3.71. The summed E-state index contributed by atoms with van der Waals surface area (Å²) in [4.78, 5) is 4.34. The molecule has 0 aliphatic heterocycles. The Kier molecular flexibility index (Phi) is 15.5. The number of hydrogen-bond acceptors (Lipinski definition) is 5. The van der Waals surface area contributed by atoms with E-state index < -0.39 is 6.10 Å². The van der Waals surface area contributed by atoms with Gasteiger partial charge in [-0.2, -0.15) is 0 Å². The van der Waals surface area contributed by atoms with Crippen LogP contribution in [0.5, 0.6) is 5.75 Å². The van der Waals surface area contributed by atoms with Crippen molar-refractivity contribution in [2.75, 3.05) is 18.5 Å². The highest BCUT2D eigenvalue weighted by molar-refractivity contribution is 5.91. The average Bonchev–Trinajstić information content (AvgIpc) is 3.46. The molecule has 0 aliphatic rings. The van der Waals surface area contributed by atoms with Crippen LogP contribution in [0.2, 0.25) is 0 Å². The van der Waals surface area contributed by atoms with E-state index in [-0.39, 0.29) is 0 Å². The van der Waals surface area contributed by atoms with Crippen molar-refractivity contribution in [3.05, 3.63) is 114 Å². The highest BCUT2D eigenvalue weighted by Gasteiger charge is 2.13.